The second kappa shape index (κ2) is 7.91. The van der Waals surface area contributed by atoms with E-state index in [1.165, 1.54) is 5.56 Å². The van der Waals surface area contributed by atoms with Crippen molar-refractivity contribution in [1.29, 1.82) is 0 Å². The summed E-state index contributed by atoms with van der Waals surface area (Å²) in [7, 11) is 1.88. The molecule has 26 heavy (non-hydrogen) atoms. The molecule has 2 aromatic rings. The molecule has 140 valence electrons. The van der Waals surface area contributed by atoms with E-state index in [4.69, 9.17) is 4.74 Å². The monoisotopic (exact) mass is 356 g/mol. The summed E-state index contributed by atoms with van der Waals surface area (Å²) in [6.07, 6.45) is 1.02. The average Bonchev–Trinajstić information content (AvgIpc) is 2.91. The summed E-state index contributed by atoms with van der Waals surface area (Å²) in [5.41, 5.74) is 4.21. The Balaban J connectivity index is 1.71. The predicted molar refractivity (Wildman–Crippen MR) is 101 cm³/mol. The quantitative estimate of drug-likeness (QED) is 0.892. The first-order chi connectivity index (χ1) is 12.5. The van der Waals surface area contributed by atoms with Crippen molar-refractivity contribution in [3.63, 3.8) is 0 Å². The van der Waals surface area contributed by atoms with Crippen molar-refractivity contribution in [2.45, 2.75) is 33.2 Å². The van der Waals surface area contributed by atoms with Crippen molar-refractivity contribution in [2.75, 3.05) is 26.2 Å². The second-order valence-electron chi connectivity index (χ2n) is 6.81. The van der Waals surface area contributed by atoms with Crippen molar-refractivity contribution < 1.29 is 9.53 Å². The maximum absolute atomic E-state index is 12.9. The lowest BCUT2D eigenvalue weighted by Crippen LogP contribution is -2.50. The van der Waals surface area contributed by atoms with Crippen molar-refractivity contribution in [3.8, 4) is 5.75 Å². The zero-order valence-corrected chi connectivity index (χ0v) is 16.1. The van der Waals surface area contributed by atoms with Crippen molar-refractivity contribution in [2.24, 2.45) is 7.05 Å². The summed E-state index contributed by atoms with van der Waals surface area (Å²) in [4.78, 5) is 14.8. The van der Waals surface area contributed by atoms with Gasteiger partial charge in [0.2, 0.25) is 0 Å². The van der Waals surface area contributed by atoms with Gasteiger partial charge in [0.05, 0.1) is 11.7 Å². The number of aryl methyl sites for hydroxylation is 3. The Hall–Kier alpha value is -2.34. The summed E-state index contributed by atoms with van der Waals surface area (Å²) in [6, 6.07) is 8.60. The van der Waals surface area contributed by atoms with Gasteiger partial charge in [-0.1, -0.05) is 31.2 Å². The minimum atomic E-state index is 0.0127. The minimum absolute atomic E-state index is 0.0127. The van der Waals surface area contributed by atoms with E-state index < -0.39 is 0 Å². The topological polar surface area (TPSA) is 59.4 Å². The predicted octanol–water partition coefficient (Wildman–Crippen LogP) is 2.15. The van der Waals surface area contributed by atoms with Gasteiger partial charge in [-0.05, 0) is 31.4 Å². The molecule has 0 radical (unpaired) electrons. The van der Waals surface area contributed by atoms with Crippen LogP contribution in [0.4, 0.5) is 0 Å². The number of nitrogens with zero attached hydrogens (tertiary/aromatic N) is 3. The van der Waals surface area contributed by atoms with Crippen LogP contribution < -0.4 is 10.1 Å². The molecule has 6 nitrogen and oxygen atoms in total. The number of aromatic nitrogens is 2. The highest BCUT2D eigenvalue weighted by Gasteiger charge is 2.28. The van der Waals surface area contributed by atoms with Crippen LogP contribution in [0, 0.1) is 13.8 Å². The fourth-order valence-corrected chi connectivity index (χ4v) is 3.46. The summed E-state index contributed by atoms with van der Waals surface area (Å²) in [6.45, 7) is 8.29. The number of benzene rings is 1. The molecular formula is C20H28N4O2. The first-order valence-electron chi connectivity index (χ1n) is 9.23. The van der Waals surface area contributed by atoms with Crippen LogP contribution in [0.15, 0.2) is 24.3 Å². The number of amides is 1. The Kier molecular flexibility index (Phi) is 5.61. The van der Waals surface area contributed by atoms with Gasteiger partial charge in [0.15, 0.2) is 12.4 Å². The van der Waals surface area contributed by atoms with Crippen molar-refractivity contribution in [3.05, 3.63) is 46.8 Å². The van der Waals surface area contributed by atoms with Gasteiger partial charge >= 0.3 is 0 Å². The van der Waals surface area contributed by atoms with E-state index in [-0.39, 0.29) is 18.6 Å². The van der Waals surface area contributed by atoms with E-state index in [0.29, 0.717) is 12.3 Å². The Morgan fingerprint density at radius 1 is 1.31 bits per heavy atom. The van der Waals surface area contributed by atoms with Crippen LogP contribution in [0.5, 0.6) is 5.75 Å². The standard InChI is InChI=1S/C20H28N4O2/c1-5-16-6-8-17(9-7-16)18-12-21-10-11-24(18)19(25)13-26-20-14(2)22-23(4)15(20)3/h6-9,18,21H,5,10-13H2,1-4H3. The molecule has 1 aromatic carbocycles. The van der Waals surface area contributed by atoms with Gasteiger partial charge in [0.25, 0.3) is 5.91 Å². The van der Waals surface area contributed by atoms with Crippen LogP contribution in [0.1, 0.15) is 35.5 Å². The maximum atomic E-state index is 12.9. The zero-order valence-electron chi connectivity index (χ0n) is 16.1. The fraction of sp³-hybridized carbons (Fsp3) is 0.500. The molecule has 0 saturated carbocycles. The number of rotatable bonds is 5. The molecule has 1 aromatic heterocycles. The SMILES string of the molecule is CCc1ccc(C2CNCCN2C(=O)COc2c(C)nn(C)c2C)cc1. The molecule has 1 aliphatic heterocycles. The molecule has 1 atom stereocenters. The molecule has 0 bridgehead atoms. The molecule has 0 aliphatic carbocycles. The zero-order chi connectivity index (χ0) is 18.7. The number of carbonyl (C=O) groups excluding carboxylic acids is 1. The number of ether oxygens (including phenoxy) is 1. The third kappa shape index (κ3) is 3.75. The molecule has 6 heteroatoms. The highest BCUT2D eigenvalue weighted by Crippen LogP contribution is 2.25. The molecular weight excluding hydrogens is 328 g/mol. The lowest BCUT2D eigenvalue weighted by Gasteiger charge is -2.36. The third-order valence-electron chi connectivity index (χ3n) is 5.12. The van der Waals surface area contributed by atoms with Gasteiger partial charge < -0.3 is 15.0 Å². The third-order valence-corrected chi connectivity index (χ3v) is 5.12. The first kappa shape index (κ1) is 18.5. The Labute approximate surface area is 155 Å². The van der Waals surface area contributed by atoms with Gasteiger partial charge in [-0.25, -0.2) is 0 Å². The van der Waals surface area contributed by atoms with Crippen LogP contribution in [-0.2, 0) is 18.3 Å². The summed E-state index contributed by atoms with van der Waals surface area (Å²) >= 11 is 0. The Morgan fingerprint density at radius 3 is 2.65 bits per heavy atom. The fourth-order valence-electron chi connectivity index (χ4n) is 3.46. The van der Waals surface area contributed by atoms with E-state index in [9.17, 15) is 4.79 Å². The summed E-state index contributed by atoms with van der Waals surface area (Å²) < 4.78 is 7.61. The number of piperazine rings is 1. The van der Waals surface area contributed by atoms with Crippen molar-refractivity contribution >= 4 is 5.91 Å². The Bertz CT molecular complexity index is 767. The van der Waals surface area contributed by atoms with Crippen molar-refractivity contribution in [1.82, 2.24) is 20.0 Å². The normalized spacial score (nSPS) is 17.4. The smallest absolute Gasteiger partial charge is 0.261 e. The van der Waals surface area contributed by atoms with E-state index in [0.717, 1.165) is 36.5 Å². The summed E-state index contributed by atoms with van der Waals surface area (Å²) in [5, 5.41) is 7.73. The summed E-state index contributed by atoms with van der Waals surface area (Å²) in [5.74, 6) is 0.721. The van der Waals surface area contributed by atoms with E-state index in [1.54, 1.807) is 4.68 Å². The second-order valence-corrected chi connectivity index (χ2v) is 6.81. The van der Waals surface area contributed by atoms with E-state index in [2.05, 4.69) is 41.6 Å². The molecule has 1 N–H and O–H groups in total. The van der Waals surface area contributed by atoms with E-state index in [1.807, 2.05) is 25.8 Å². The van der Waals surface area contributed by atoms with Gasteiger partial charge in [0.1, 0.15) is 5.69 Å². The number of nitrogens with one attached hydrogen (secondary N) is 1. The molecule has 1 fully saturated rings. The van der Waals surface area contributed by atoms with Crippen LogP contribution in [0.3, 0.4) is 0 Å². The lowest BCUT2D eigenvalue weighted by molar-refractivity contribution is -0.136. The molecule has 1 aliphatic rings. The highest BCUT2D eigenvalue weighted by atomic mass is 16.5. The largest absolute Gasteiger partial charge is 0.480 e. The van der Waals surface area contributed by atoms with E-state index >= 15 is 0 Å². The lowest BCUT2D eigenvalue weighted by atomic mass is 10.0. The minimum Gasteiger partial charge on any atom is -0.480 e. The highest BCUT2D eigenvalue weighted by molar-refractivity contribution is 5.78. The number of carbonyl (C=O) groups is 1. The van der Waals surface area contributed by atoms with Crippen LogP contribution in [-0.4, -0.2) is 46.8 Å². The van der Waals surface area contributed by atoms with Crippen LogP contribution in [0.25, 0.3) is 0 Å². The Morgan fingerprint density at radius 2 is 2.04 bits per heavy atom. The van der Waals surface area contributed by atoms with Gasteiger partial charge in [0, 0.05) is 26.7 Å². The van der Waals surface area contributed by atoms with Gasteiger partial charge in [-0.15, -0.1) is 0 Å². The molecule has 1 saturated heterocycles. The molecule has 1 unspecified atom stereocenters. The number of hydrogen-bond acceptors (Lipinski definition) is 4. The molecule has 2 heterocycles. The molecule has 1 amide bonds. The first-order valence-corrected chi connectivity index (χ1v) is 9.23. The number of hydrogen-bond donors (Lipinski definition) is 1. The molecule has 0 spiro atoms. The van der Waals surface area contributed by atoms with Gasteiger partial charge in [-0.2, -0.15) is 5.10 Å². The van der Waals surface area contributed by atoms with Crippen LogP contribution >= 0.6 is 0 Å². The maximum Gasteiger partial charge on any atom is 0.261 e. The van der Waals surface area contributed by atoms with Crippen LogP contribution in [0.2, 0.25) is 0 Å². The van der Waals surface area contributed by atoms with Gasteiger partial charge in [-0.3, -0.25) is 9.48 Å². The molecule has 3 rings (SSSR count). The average molecular weight is 356 g/mol.